The van der Waals surface area contributed by atoms with Gasteiger partial charge in [-0.1, -0.05) is 39.8 Å². The number of phenolic OH excluding ortho intramolecular Hbond substituents is 1. The third-order valence-electron chi connectivity index (χ3n) is 3.95. The molecule has 0 unspecified atom stereocenters. The summed E-state index contributed by atoms with van der Waals surface area (Å²) in [4.78, 5) is 12.3. The van der Waals surface area contributed by atoms with Gasteiger partial charge in [0.15, 0.2) is 11.0 Å². The van der Waals surface area contributed by atoms with Crippen LogP contribution in [-0.4, -0.2) is 31.5 Å². The molecular weight excluding hydrogens is 428 g/mol. The summed E-state index contributed by atoms with van der Waals surface area (Å²) < 4.78 is 2.89. The van der Waals surface area contributed by atoms with Gasteiger partial charge in [0.2, 0.25) is 5.91 Å². The van der Waals surface area contributed by atoms with Crippen LogP contribution in [0.3, 0.4) is 0 Å². The first kappa shape index (κ1) is 19.4. The van der Waals surface area contributed by atoms with Crippen molar-refractivity contribution in [2.45, 2.75) is 25.5 Å². The van der Waals surface area contributed by atoms with Crippen LogP contribution in [0, 0.1) is 6.92 Å². The summed E-state index contributed by atoms with van der Waals surface area (Å²) >= 11 is 4.76. The normalized spacial score (nSPS) is 10.8. The maximum Gasteiger partial charge on any atom is 0.234 e. The number of aryl methyl sites for hydroxylation is 1. The highest BCUT2D eigenvalue weighted by Gasteiger charge is 2.16. The summed E-state index contributed by atoms with van der Waals surface area (Å²) in [7, 11) is 0. The first-order valence-corrected chi connectivity index (χ1v) is 10.2. The molecule has 0 radical (unpaired) electrons. The third kappa shape index (κ3) is 4.51. The number of halogens is 1. The first-order valence-electron chi connectivity index (χ1n) is 8.40. The van der Waals surface area contributed by atoms with E-state index in [0.717, 1.165) is 15.7 Å². The number of carbonyl (C=O) groups is 1. The zero-order valence-electron chi connectivity index (χ0n) is 14.9. The van der Waals surface area contributed by atoms with E-state index in [4.69, 9.17) is 0 Å². The molecular formula is C19H19BrN4O2S. The van der Waals surface area contributed by atoms with Crippen LogP contribution in [-0.2, 0) is 11.3 Å². The van der Waals surface area contributed by atoms with E-state index in [0.29, 0.717) is 23.1 Å². The molecule has 1 heterocycles. The Hall–Kier alpha value is -2.32. The average molecular weight is 447 g/mol. The molecule has 0 fully saturated rings. The summed E-state index contributed by atoms with van der Waals surface area (Å²) in [6, 6.07) is 12.7. The van der Waals surface area contributed by atoms with Gasteiger partial charge in [-0.25, -0.2) is 0 Å². The van der Waals surface area contributed by atoms with Crippen LogP contribution in [0.5, 0.6) is 5.75 Å². The highest BCUT2D eigenvalue weighted by Crippen LogP contribution is 2.30. The van der Waals surface area contributed by atoms with Crippen LogP contribution in [0.4, 0.5) is 5.69 Å². The number of nitrogens with zero attached hydrogens (tertiary/aromatic N) is 3. The van der Waals surface area contributed by atoms with E-state index < -0.39 is 0 Å². The number of para-hydroxylation sites is 1. The minimum Gasteiger partial charge on any atom is -0.507 e. The second kappa shape index (κ2) is 8.58. The molecule has 0 saturated heterocycles. The monoisotopic (exact) mass is 446 g/mol. The van der Waals surface area contributed by atoms with Crippen LogP contribution >= 0.6 is 27.7 Å². The quantitative estimate of drug-likeness (QED) is 0.545. The zero-order chi connectivity index (χ0) is 19.4. The molecule has 27 heavy (non-hydrogen) atoms. The van der Waals surface area contributed by atoms with Gasteiger partial charge in [-0.2, -0.15) is 0 Å². The van der Waals surface area contributed by atoms with Crippen molar-refractivity contribution in [2.24, 2.45) is 0 Å². The SMILES string of the molecule is CCn1c(SCC(=O)Nc2ccc(Br)c(C)c2)nnc1-c1ccccc1O. The molecule has 140 valence electrons. The summed E-state index contributed by atoms with van der Waals surface area (Å²) in [5, 5.41) is 22.0. The van der Waals surface area contributed by atoms with Crippen molar-refractivity contribution in [2.75, 3.05) is 11.1 Å². The molecule has 0 aliphatic rings. The number of hydrogen-bond acceptors (Lipinski definition) is 5. The number of carbonyl (C=O) groups excluding carboxylic acids is 1. The fraction of sp³-hybridized carbons (Fsp3) is 0.211. The number of nitrogens with one attached hydrogen (secondary N) is 1. The highest BCUT2D eigenvalue weighted by molar-refractivity contribution is 9.10. The smallest absolute Gasteiger partial charge is 0.234 e. The van der Waals surface area contributed by atoms with E-state index >= 15 is 0 Å². The Morgan fingerprint density at radius 2 is 2.04 bits per heavy atom. The van der Waals surface area contributed by atoms with Crippen LogP contribution in [0.25, 0.3) is 11.4 Å². The fourth-order valence-corrected chi connectivity index (χ4v) is 3.64. The fourth-order valence-electron chi connectivity index (χ4n) is 2.59. The van der Waals surface area contributed by atoms with Crippen molar-refractivity contribution < 1.29 is 9.90 Å². The second-order valence-electron chi connectivity index (χ2n) is 5.87. The van der Waals surface area contributed by atoms with Crippen molar-refractivity contribution in [3.8, 4) is 17.1 Å². The minimum absolute atomic E-state index is 0.114. The van der Waals surface area contributed by atoms with Gasteiger partial charge in [0, 0.05) is 16.7 Å². The number of benzene rings is 2. The van der Waals surface area contributed by atoms with Crippen molar-refractivity contribution in [3.63, 3.8) is 0 Å². The van der Waals surface area contributed by atoms with Gasteiger partial charge in [0.1, 0.15) is 5.75 Å². The van der Waals surface area contributed by atoms with Gasteiger partial charge < -0.3 is 15.0 Å². The number of aromatic nitrogens is 3. The van der Waals surface area contributed by atoms with E-state index in [2.05, 4.69) is 31.4 Å². The number of rotatable bonds is 6. The molecule has 0 saturated carbocycles. The van der Waals surface area contributed by atoms with Crippen LogP contribution < -0.4 is 5.32 Å². The third-order valence-corrected chi connectivity index (χ3v) is 5.81. The van der Waals surface area contributed by atoms with Crippen molar-refractivity contribution in [1.82, 2.24) is 14.8 Å². The van der Waals surface area contributed by atoms with E-state index in [1.54, 1.807) is 18.2 Å². The minimum atomic E-state index is -0.114. The molecule has 2 aromatic carbocycles. The van der Waals surface area contributed by atoms with Crippen molar-refractivity contribution in [3.05, 3.63) is 52.5 Å². The molecule has 0 bridgehead atoms. The van der Waals surface area contributed by atoms with Gasteiger partial charge in [-0.3, -0.25) is 4.79 Å². The number of phenols is 1. The Morgan fingerprint density at radius 1 is 1.26 bits per heavy atom. The lowest BCUT2D eigenvalue weighted by molar-refractivity contribution is -0.113. The van der Waals surface area contributed by atoms with E-state index in [1.165, 1.54) is 11.8 Å². The van der Waals surface area contributed by atoms with Crippen molar-refractivity contribution in [1.29, 1.82) is 0 Å². The molecule has 2 N–H and O–H groups in total. The van der Waals surface area contributed by atoms with Gasteiger partial charge in [0.05, 0.1) is 11.3 Å². The van der Waals surface area contributed by atoms with Crippen LogP contribution in [0.1, 0.15) is 12.5 Å². The molecule has 0 atom stereocenters. The molecule has 3 aromatic rings. The topological polar surface area (TPSA) is 80.0 Å². The molecule has 0 aliphatic carbocycles. The lowest BCUT2D eigenvalue weighted by atomic mass is 10.2. The molecule has 0 spiro atoms. The number of anilines is 1. The first-order chi connectivity index (χ1) is 13.0. The Kier molecular flexibility index (Phi) is 6.18. The van der Waals surface area contributed by atoms with Gasteiger partial charge >= 0.3 is 0 Å². The van der Waals surface area contributed by atoms with Gasteiger partial charge in [-0.15, -0.1) is 10.2 Å². The van der Waals surface area contributed by atoms with Gasteiger partial charge in [-0.05, 0) is 49.7 Å². The maximum atomic E-state index is 12.3. The average Bonchev–Trinajstić information content (AvgIpc) is 3.06. The lowest BCUT2D eigenvalue weighted by Gasteiger charge is -2.09. The predicted octanol–water partition coefficient (Wildman–Crippen LogP) is 4.47. The Bertz CT molecular complexity index is 974. The van der Waals surface area contributed by atoms with Gasteiger partial charge in [0.25, 0.3) is 0 Å². The largest absolute Gasteiger partial charge is 0.507 e. The number of aromatic hydroxyl groups is 1. The summed E-state index contributed by atoms with van der Waals surface area (Å²) in [6.45, 7) is 4.58. The second-order valence-corrected chi connectivity index (χ2v) is 7.67. The molecule has 6 nitrogen and oxygen atoms in total. The standard InChI is InChI=1S/C19H19BrN4O2S/c1-3-24-18(14-6-4-5-7-16(14)25)22-23-19(24)27-11-17(26)21-13-8-9-15(20)12(2)10-13/h4-10,25H,3,11H2,1-2H3,(H,21,26). The lowest BCUT2D eigenvalue weighted by Crippen LogP contribution is -2.14. The Labute approximate surface area is 170 Å². The Balaban J connectivity index is 1.70. The Morgan fingerprint density at radius 3 is 2.74 bits per heavy atom. The summed E-state index contributed by atoms with van der Waals surface area (Å²) in [5.74, 6) is 0.839. The van der Waals surface area contributed by atoms with E-state index in [9.17, 15) is 9.90 Å². The molecule has 1 aromatic heterocycles. The van der Waals surface area contributed by atoms with E-state index in [1.807, 2.05) is 42.7 Å². The summed E-state index contributed by atoms with van der Waals surface area (Å²) in [5.41, 5.74) is 2.43. The molecule has 3 rings (SSSR count). The van der Waals surface area contributed by atoms with E-state index in [-0.39, 0.29) is 17.4 Å². The zero-order valence-corrected chi connectivity index (χ0v) is 17.3. The molecule has 8 heteroatoms. The van der Waals surface area contributed by atoms with Crippen molar-refractivity contribution >= 4 is 39.3 Å². The van der Waals surface area contributed by atoms with Crippen LogP contribution in [0.15, 0.2) is 52.1 Å². The molecule has 0 aliphatic heterocycles. The van der Waals surface area contributed by atoms with Crippen LogP contribution in [0.2, 0.25) is 0 Å². The number of amides is 1. The number of hydrogen-bond donors (Lipinski definition) is 2. The molecule has 1 amide bonds. The summed E-state index contributed by atoms with van der Waals surface area (Å²) in [6.07, 6.45) is 0. The highest BCUT2D eigenvalue weighted by atomic mass is 79.9. The predicted molar refractivity (Wildman–Crippen MR) is 111 cm³/mol. The maximum absolute atomic E-state index is 12.3. The number of thioether (sulfide) groups is 1.